The number of amides is 1. The molecular weight excluding hydrogens is 498 g/mol. The molecule has 0 N–H and O–H groups in total. The molecule has 2 aromatic rings. The molecule has 4 rings (SSSR count). The number of halogens is 3. The van der Waals surface area contributed by atoms with Crippen molar-refractivity contribution in [3.8, 4) is 5.75 Å². The van der Waals surface area contributed by atoms with E-state index in [0.29, 0.717) is 23.6 Å². The topological polar surface area (TPSA) is 66.9 Å². The summed E-state index contributed by atoms with van der Waals surface area (Å²) < 4.78 is 60.9. The van der Waals surface area contributed by atoms with Crippen LogP contribution < -0.4 is 4.74 Å². The summed E-state index contributed by atoms with van der Waals surface area (Å²) >= 11 is 6.00. The Morgan fingerprint density at radius 1 is 1.09 bits per heavy atom. The van der Waals surface area contributed by atoms with Gasteiger partial charge in [0.15, 0.2) is 0 Å². The maximum Gasteiger partial charge on any atom is 0.248 e. The lowest BCUT2D eigenvalue weighted by atomic mass is 9.90. The van der Waals surface area contributed by atoms with E-state index in [0.717, 1.165) is 5.56 Å². The molecule has 1 atom stereocenters. The fraction of sp³-hybridized carbons (Fsp3) is 0.480. The highest BCUT2D eigenvalue weighted by molar-refractivity contribution is 7.89. The molecule has 1 aliphatic carbocycles. The van der Waals surface area contributed by atoms with E-state index < -0.39 is 22.0 Å². The van der Waals surface area contributed by atoms with Crippen LogP contribution in [0.2, 0.25) is 5.02 Å². The molecule has 1 saturated heterocycles. The molecule has 2 aliphatic rings. The Morgan fingerprint density at radius 2 is 1.71 bits per heavy atom. The van der Waals surface area contributed by atoms with Crippen LogP contribution >= 0.6 is 11.6 Å². The molecular formula is C25H29ClF2N2O4S. The van der Waals surface area contributed by atoms with E-state index in [1.165, 1.54) is 23.5 Å². The van der Waals surface area contributed by atoms with Gasteiger partial charge in [0.25, 0.3) is 0 Å². The molecule has 1 saturated carbocycles. The van der Waals surface area contributed by atoms with Gasteiger partial charge in [0.2, 0.25) is 21.9 Å². The molecule has 2 aromatic carbocycles. The molecule has 1 amide bonds. The number of hydrogen-bond donors (Lipinski definition) is 0. The quantitative estimate of drug-likeness (QED) is 0.503. The van der Waals surface area contributed by atoms with Gasteiger partial charge in [-0.3, -0.25) is 4.79 Å². The van der Waals surface area contributed by atoms with Gasteiger partial charge in [-0.25, -0.2) is 17.2 Å². The van der Waals surface area contributed by atoms with Gasteiger partial charge in [0, 0.05) is 37.0 Å². The number of sulfonamides is 1. The predicted octanol–water partition coefficient (Wildman–Crippen LogP) is 5.11. The first-order valence-corrected chi connectivity index (χ1v) is 13.5. The second-order valence-corrected chi connectivity index (χ2v) is 11.5. The van der Waals surface area contributed by atoms with Crippen molar-refractivity contribution in [1.29, 1.82) is 0 Å². The standard InChI is InChI=1S/C25H29ClF2N2O4S/c1-34-21-8-10-22(11-9-21)35(32,33)30-16-2-3-23(30)24(31)29(17-18-4-6-19(26)7-5-18)20-12-14-25(27,28)15-13-20/h4-11,20,23H,2-3,12-17H2,1H3/t23-/m0/s1. The Balaban J connectivity index is 1.60. The smallest absolute Gasteiger partial charge is 0.248 e. The lowest BCUT2D eigenvalue weighted by Crippen LogP contribution is -2.52. The summed E-state index contributed by atoms with van der Waals surface area (Å²) in [7, 11) is -2.43. The van der Waals surface area contributed by atoms with Crippen LogP contribution in [0.5, 0.6) is 5.75 Å². The molecule has 0 radical (unpaired) electrons. The minimum absolute atomic E-state index is 0.0829. The van der Waals surface area contributed by atoms with Crippen LogP contribution in [-0.4, -0.2) is 55.2 Å². The third-order valence-electron chi connectivity index (χ3n) is 6.83. The second-order valence-electron chi connectivity index (χ2n) is 9.13. The zero-order chi connectivity index (χ0) is 25.2. The molecule has 6 nitrogen and oxygen atoms in total. The van der Waals surface area contributed by atoms with Gasteiger partial charge in [0.05, 0.1) is 12.0 Å². The predicted molar refractivity (Wildman–Crippen MR) is 129 cm³/mol. The molecule has 35 heavy (non-hydrogen) atoms. The maximum absolute atomic E-state index is 13.9. The van der Waals surface area contributed by atoms with Crippen molar-refractivity contribution in [3.63, 3.8) is 0 Å². The first-order chi connectivity index (χ1) is 16.6. The number of nitrogens with zero attached hydrogens (tertiary/aromatic N) is 2. The molecule has 190 valence electrons. The zero-order valence-electron chi connectivity index (χ0n) is 19.5. The zero-order valence-corrected chi connectivity index (χ0v) is 21.1. The van der Waals surface area contributed by atoms with E-state index in [4.69, 9.17) is 16.3 Å². The maximum atomic E-state index is 13.9. The molecule has 0 bridgehead atoms. The van der Waals surface area contributed by atoms with Crippen molar-refractivity contribution in [3.05, 3.63) is 59.1 Å². The Morgan fingerprint density at radius 3 is 2.31 bits per heavy atom. The normalized spacial score (nSPS) is 21.1. The molecule has 0 aromatic heterocycles. The van der Waals surface area contributed by atoms with Crippen molar-refractivity contribution < 1.29 is 26.7 Å². The number of rotatable bonds is 7. The fourth-order valence-electron chi connectivity index (χ4n) is 4.86. The van der Waals surface area contributed by atoms with Gasteiger partial charge in [-0.15, -0.1) is 0 Å². The molecule has 0 unspecified atom stereocenters. The highest BCUT2D eigenvalue weighted by Crippen LogP contribution is 2.37. The highest BCUT2D eigenvalue weighted by atomic mass is 35.5. The van der Waals surface area contributed by atoms with Gasteiger partial charge >= 0.3 is 0 Å². The van der Waals surface area contributed by atoms with Gasteiger partial charge in [0.1, 0.15) is 11.8 Å². The van der Waals surface area contributed by atoms with Gasteiger partial charge in [-0.1, -0.05) is 23.7 Å². The number of methoxy groups -OCH3 is 1. The van der Waals surface area contributed by atoms with E-state index in [-0.39, 0.29) is 55.6 Å². The van der Waals surface area contributed by atoms with Crippen LogP contribution in [0, 0.1) is 0 Å². The van der Waals surface area contributed by atoms with Gasteiger partial charge < -0.3 is 9.64 Å². The summed E-state index contributed by atoms with van der Waals surface area (Å²) in [4.78, 5) is 15.5. The molecule has 1 heterocycles. The highest BCUT2D eigenvalue weighted by Gasteiger charge is 2.44. The minimum Gasteiger partial charge on any atom is -0.497 e. The van der Waals surface area contributed by atoms with E-state index in [9.17, 15) is 22.0 Å². The summed E-state index contributed by atoms with van der Waals surface area (Å²) in [5, 5.41) is 0.552. The first-order valence-electron chi connectivity index (χ1n) is 11.7. The van der Waals surface area contributed by atoms with Crippen LogP contribution in [0.3, 0.4) is 0 Å². The largest absolute Gasteiger partial charge is 0.497 e. The van der Waals surface area contributed by atoms with E-state index >= 15 is 0 Å². The fourth-order valence-corrected chi connectivity index (χ4v) is 6.64. The van der Waals surface area contributed by atoms with Gasteiger partial charge in [-0.05, 0) is 67.6 Å². The Hall–Kier alpha value is -2.23. The van der Waals surface area contributed by atoms with Crippen LogP contribution in [0.15, 0.2) is 53.4 Å². The summed E-state index contributed by atoms with van der Waals surface area (Å²) in [6.45, 7) is 0.432. The Bertz CT molecular complexity index is 1130. The number of alkyl halides is 2. The van der Waals surface area contributed by atoms with Crippen molar-refractivity contribution in [1.82, 2.24) is 9.21 Å². The summed E-state index contributed by atoms with van der Waals surface area (Å²) in [6.07, 6.45) is 0.688. The van der Waals surface area contributed by atoms with Crippen LogP contribution in [0.1, 0.15) is 44.1 Å². The van der Waals surface area contributed by atoms with Crippen LogP contribution in [-0.2, 0) is 21.4 Å². The van der Waals surface area contributed by atoms with Crippen molar-refractivity contribution in [2.45, 2.75) is 68.0 Å². The lowest BCUT2D eigenvalue weighted by molar-refractivity contribution is -0.141. The van der Waals surface area contributed by atoms with E-state index in [2.05, 4.69) is 0 Å². The molecule has 1 aliphatic heterocycles. The number of hydrogen-bond acceptors (Lipinski definition) is 4. The van der Waals surface area contributed by atoms with Crippen LogP contribution in [0.4, 0.5) is 8.78 Å². The van der Waals surface area contributed by atoms with Crippen molar-refractivity contribution in [2.24, 2.45) is 0 Å². The molecule has 2 fully saturated rings. The summed E-state index contributed by atoms with van der Waals surface area (Å²) in [5.41, 5.74) is 0.808. The van der Waals surface area contributed by atoms with E-state index in [1.54, 1.807) is 41.3 Å². The summed E-state index contributed by atoms with van der Waals surface area (Å²) in [5.74, 6) is -2.55. The van der Waals surface area contributed by atoms with Gasteiger partial charge in [-0.2, -0.15) is 4.31 Å². The minimum atomic E-state index is -3.93. The number of ether oxygens (including phenoxy) is 1. The third kappa shape index (κ3) is 5.78. The average molecular weight is 527 g/mol. The van der Waals surface area contributed by atoms with Crippen molar-refractivity contribution in [2.75, 3.05) is 13.7 Å². The molecule has 10 heteroatoms. The summed E-state index contributed by atoms with van der Waals surface area (Å²) in [6, 6.07) is 11.8. The Labute approximate surface area is 209 Å². The van der Waals surface area contributed by atoms with Crippen LogP contribution in [0.25, 0.3) is 0 Å². The Kier molecular flexibility index (Phi) is 7.68. The lowest BCUT2D eigenvalue weighted by Gasteiger charge is -2.39. The number of carbonyl (C=O) groups is 1. The number of benzene rings is 2. The molecule has 0 spiro atoms. The average Bonchev–Trinajstić information content (AvgIpc) is 3.35. The third-order valence-corrected chi connectivity index (χ3v) is 9.01. The van der Waals surface area contributed by atoms with E-state index in [1.807, 2.05) is 0 Å². The second kappa shape index (κ2) is 10.4. The first kappa shape index (κ1) is 25.9. The number of carbonyl (C=O) groups excluding carboxylic acids is 1. The van der Waals surface area contributed by atoms with Crippen molar-refractivity contribution >= 4 is 27.5 Å². The monoisotopic (exact) mass is 526 g/mol. The SMILES string of the molecule is COc1ccc(S(=O)(=O)N2CCC[C@H]2C(=O)N(Cc2ccc(Cl)cc2)C2CCC(F)(F)CC2)cc1.